The molecule has 3 rings (SSSR count). The SMILES string of the molecule is C[C@@H](N)c1cccc(-c2cccc(OCc3ccccc3)c2)c1.Cl. The molecule has 0 aliphatic heterocycles. The van der Waals surface area contributed by atoms with Crippen molar-refractivity contribution in [3.8, 4) is 16.9 Å². The van der Waals surface area contributed by atoms with Crippen LogP contribution in [0.4, 0.5) is 0 Å². The van der Waals surface area contributed by atoms with E-state index in [9.17, 15) is 0 Å². The fourth-order valence-corrected chi connectivity index (χ4v) is 2.51. The van der Waals surface area contributed by atoms with Crippen LogP contribution in [0.2, 0.25) is 0 Å². The van der Waals surface area contributed by atoms with Crippen molar-refractivity contribution in [3.05, 3.63) is 90.0 Å². The number of nitrogens with two attached hydrogens (primary N) is 1. The fraction of sp³-hybridized carbons (Fsp3) is 0.143. The van der Waals surface area contributed by atoms with Crippen LogP contribution in [0.15, 0.2) is 78.9 Å². The van der Waals surface area contributed by atoms with Gasteiger partial charge in [0.25, 0.3) is 0 Å². The lowest BCUT2D eigenvalue weighted by Gasteiger charge is -2.11. The van der Waals surface area contributed by atoms with E-state index in [0.717, 1.165) is 28.0 Å². The number of benzene rings is 3. The molecule has 24 heavy (non-hydrogen) atoms. The number of halogens is 1. The van der Waals surface area contributed by atoms with Gasteiger partial charge in [0, 0.05) is 6.04 Å². The third-order valence-corrected chi connectivity index (χ3v) is 3.83. The number of ether oxygens (including phenoxy) is 1. The zero-order chi connectivity index (χ0) is 16.1. The molecular weight excluding hydrogens is 318 g/mol. The molecule has 3 aromatic carbocycles. The molecule has 0 bridgehead atoms. The minimum atomic E-state index is 0. The predicted octanol–water partition coefficient (Wildman–Crippen LogP) is 5.37. The van der Waals surface area contributed by atoms with Crippen LogP contribution in [0, 0.1) is 0 Å². The van der Waals surface area contributed by atoms with Gasteiger partial charge in [-0.3, -0.25) is 0 Å². The monoisotopic (exact) mass is 339 g/mol. The highest BCUT2D eigenvalue weighted by Crippen LogP contribution is 2.26. The largest absolute Gasteiger partial charge is 0.489 e. The molecule has 0 heterocycles. The van der Waals surface area contributed by atoms with Crippen molar-refractivity contribution < 1.29 is 4.74 Å². The summed E-state index contributed by atoms with van der Waals surface area (Å²) in [6, 6.07) is 26.7. The van der Waals surface area contributed by atoms with Crippen LogP contribution in [0.3, 0.4) is 0 Å². The van der Waals surface area contributed by atoms with Gasteiger partial charge in [-0.1, -0.05) is 60.7 Å². The first-order chi connectivity index (χ1) is 11.2. The number of hydrogen-bond acceptors (Lipinski definition) is 2. The lowest BCUT2D eigenvalue weighted by molar-refractivity contribution is 0.306. The average Bonchev–Trinajstić information content (AvgIpc) is 2.61. The van der Waals surface area contributed by atoms with Gasteiger partial charge in [-0.2, -0.15) is 0 Å². The normalized spacial score (nSPS) is 11.4. The second-order valence-electron chi connectivity index (χ2n) is 5.72. The topological polar surface area (TPSA) is 35.2 Å². The maximum atomic E-state index is 5.98. The molecule has 2 nitrogen and oxygen atoms in total. The van der Waals surface area contributed by atoms with Crippen molar-refractivity contribution in [2.45, 2.75) is 19.6 Å². The fourth-order valence-electron chi connectivity index (χ4n) is 2.51. The van der Waals surface area contributed by atoms with Crippen LogP contribution >= 0.6 is 12.4 Å². The quantitative estimate of drug-likeness (QED) is 0.677. The van der Waals surface area contributed by atoms with Crippen molar-refractivity contribution in [2.24, 2.45) is 5.73 Å². The summed E-state index contributed by atoms with van der Waals surface area (Å²) in [4.78, 5) is 0. The van der Waals surface area contributed by atoms with E-state index in [2.05, 4.69) is 42.5 Å². The summed E-state index contributed by atoms with van der Waals surface area (Å²) >= 11 is 0. The highest BCUT2D eigenvalue weighted by molar-refractivity contribution is 5.85. The first kappa shape index (κ1) is 18.1. The van der Waals surface area contributed by atoms with E-state index < -0.39 is 0 Å². The van der Waals surface area contributed by atoms with E-state index in [1.165, 1.54) is 0 Å². The van der Waals surface area contributed by atoms with Crippen LogP contribution in [-0.2, 0) is 6.61 Å². The summed E-state index contributed by atoms with van der Waals surface area (Å²) in [7, 11) is 0. The van der Waals surface area contributed by atoms with Gasteiger partial charge >= 0.3 is 0 Å². The Morgan fingerprint density at radius 3 is 2.21 bits per heavy atom. The van der Waals surface area contributed by atoms with Gasteiger partial charge in [-0.15, -0.1) is 12.4 Å². The van der Waals surface area contributed by atoms with Gasteiger partial charge < -0.3 is 10.5 Å². The Labute approximate surface area is 149 Å². The maximum Gasteiger partial charge on any atom is 0.120 e. The molecule has 2 N–H and O–H groups in total. The summed E-state index contributed by atoms with van der Waals surface area (Å²) in [5.74, 6) is 0.873. The molecule has 0 spiro atoms. The van der Waals surface area contributed by atoms with Crippen LogP contribution < -0.4 is 10.5 Å². The Kier molecular flexibility index (Phi) is 6.42. The average molecular weight is 340 g/mol. The Morgan fingerprint density at radius 1 is 0.833 bits per heavy atom. The van der Waals surface area contributed by atoms with E-state index in [4.69, 9.17) is 10.5 Å². The van der Waals surface area contributed by atoms with Gasteiger partial charge in [0.15, 0.2) is 0 Å². The molecule has 1 atom stereocenters. The van der Waals surface area contributed by atoms with Crippen molar-refractivity contribution >= 4 is 12.4 Å². The zero-order valence-corrected chi connectivity index (χ0v) is 14.5. The van der Waals surface area contributed by atoms with Gasteiger partial charge in [0.05, 0.1) is 0 Å². The van der Waals surface area contributed by atoms with Crippen molar-refractivity contribution in [2.75, 3.05) is 0 Å². The molecule has 0 aliphatic rings. The number of hydrogen-bond donors (Lipinski definition) is 1. The van der Waals surface area contributed by atoms with Crippen LogP contribution in [-0.4, -0.2) is 0 Å². The third-order valence-electron chi connectivity index (χ3n) is 3.83. The lowest BCUT2D eigenvalue weighted by atomic mass is 10.0. The Morgan fingerprint density at radius 2 is 1.50 bits per heavy atom. The highest BCUT2D eigenvalue weighted by atomic mass is 35.5. The molecule has 0 amide bonds. The summed E-state index contributed by atoms with van der Waals surface area (Å²) < 4.78 is 5.91. The molecule has 3 heteroatoms. The van der Waals surface area contributed by atoms with Gasteiger partial charge in [0.2, 0.25) is 0 Å². The second kappa shape index (κ2) is 8.53. The molecular formula is C21H22ClNO. The standard InChI is InChI=1S/C21H21NO.ClH/c1-16(22)18-9-5-10-19(13-18)20-11-6-12-21(14-20)23-15-17-7-3-2-4-8-17;/h2-14,16H,15,22H2,1H3;1H/t16-;/m1./s1. The first-order valence-corrected chi connectivity index (χ1v) is 7.85. The second-order valence-corrected chi connectivity index (χ2v) is 5.72. The summed E-state index contributed by atoms with van der Waals surface area (Å²) in [6.45, 7) is 2.57. The molecule has 0 unspecified atom stereocenters. The molecule has 0 aliphatic carbocycles. The molecule has 0 fully saturated rings. The van der Waals surface area contributed by atoms with E-state index in [-0.39, 0.29) is 18.4 Å². The highest BCUT2D eigenvalue weighted by Gasteiger charge is 2.04. The summed E-state index contributed by atoms with van der Waals surface area (Å²) in [6.07, 6.45) is 0. The van der Waals surface area contributed by atoms with Crippen molar-refractivity contribution in [1.82, 2.24) is 0 Å². The minimum Gasteiger partial charge on any atom is -0.489 e. The molecule has 0 saturated heterocycles. The smallest absolute Gasteiger partial charge is 0.120 e. The molecule has 3 aromatic rings. The Hall–Kier alpha value is -2.29. The molecule has 0 aromatic heterocycles. The van der Waals surface area contributed by atoms with E-state index in [1.54, 1.807) is 0 Å². The van der Waals surface area contributed by atoms with Gasteiger partial charge in [-0.25, -0.2) is 0 Å². The zero-order valence-electron chi connectivity index (χ0n) is 13.7. The molecule has 124 valence electrons. The van der Waals surface area contributed by atoms with Crippen molar-refractivity contribution in [1.29, 1.82) is 0 Å². The van der Waals surface area contributed by atoms with Crippen LogP contribution in [0.1, 0.15) is 24.1 Å². The van der Waals surface area contributed by atoms with E-state index >= 15 is 0 Å². The Bertz CT molecular complexity index is 772. The summed E-state index contributed by atoms with van der Waals surface area (Å²) in [5, 5.41) is 0. The van der Waals surface area contributed by atoms with Gasteiger partial charge in [-0.05, 0) is 47.4 Å². The third kappa shape index (κ3) is 4.60. The summed E-state index contributed by atoms with van der Waals surface area (Å²) in [5.41, 5.74) is 10.6. The number of rotatable bonds is 5. The maximum absolute atomic E-state index is 5.98. The molecule has 0 saturated carbocycles. The Balaban J connectivity index is 0.00000208. The van der Waals surface area contributed by atoms with Gasteiger partial charge in [0.1, 0.15) is 12.4 Å². The van der Waals surface area contributed by atoms with Crippen LogP contribution in [0.25, 0.3) is 11.1 Å². The first-order valence-electron chi connectivity index (χ1n) is 7.85. The van der Waals surface area contributed by atoms with Crippen molar-refractivity contribution in [3.63, 3.8) is 0 Å². The van der Waals surface area contributed by atoms with E-state index in [0.29, 0.717) is 6.61 Å². The lowest BCUT2D eigenvalue weighted by Crippen LogP contribution is -2.04. The van der Waals surface area contributed by atoms with E-state index in [1.807, 2.05) is 43.3 Å². The minimum absolute atomic E-state index is 0. The molecule has 0 radical (unpaired) electrons. The van der Waals surface area contributed by atoms with Crippen LogP contribution in [0.5, 0.6) is 5.75 Å². The predicted molar refractivity (Wildman–Crippen MR) is 103 cm³/mol.